The number of methoxy groups -OCH3 is 1. The molecule has 0 spiro atoms. The van der Waals surface area contributed by atoms with Crippen molar-refractivity contribution in [2.45, 2.75) is 44.9 Å². The molecule has 1 aliphatic heterocycles. The monoisotopic (exact) mass is 626 g/mol. The molecule has 2 aromatic heterocycles. The molecule has 0 radical (unpaired) electrons. The van der Waals surface area contributed by atoms with Gasteiger partial charge in [-0.2, -0.15) is 9.97 Å². The number of hydrogen-bond donors (Lipinski definition) is 5. The van der Waals surface area contributed by atoms with Gasteiger partial charge in [-0.1, -0.05) is 42.1 Å². The van der Waals surface area contributed by atoms with Gasteiger partial charge in [0.05, 0.1) is 38.7 Å². The number of nitrogens with one attached hydrogen (secondary N) is 1. The Bertz CT molecular complexity index is 1410. The van der Waals surface area contributed by atoms with Crippen LogP contribution in [-0.4, -0.2) is 90.9 Å². The van der Waals surface area contributed by atoms with Crippen molar-refractivity contribution < 1.29 is 43.2 Å². The molecule has 230 valence electrons. The van der Waals surface area contributed by atoms with Gasteiger partial charge in [-0.05, 0) is 19.4 Å². The van der Waals surface area contributed by atoms with E-state index in [1.54, 1.807) is 13.8 Å². The maximum Gasteiger partial charge on any atom is 0.405 e. The minimum Gasteiger partial charge on any atom is -0.479 e. The van der Waals surface area contributed by atoms with Crippen molar-refractivity contribution in [3.63, 3.8) is 0 Å². The Labute approximate surface area is 246 Å². The summed E-state index contributed by atoms with van der Waals surface area (Å²) in [5, 5.41) is 33.5. The molecule has 1 unspecified atom stereocenters. The number of ether oxygens (including phenoxy) is 2. The van der Waals surface area contributed by atoms with Gasteiger partial charge in [-0.25, -0.2) is 14.6 Å². The van der Waals surface area contributed by atoms with E-state index in [0.29, 0.717) is 0 Å². The predicted molar refractivity (Wildman–Crippen MR) is 153 cm³/mol. The summed E-state index contributed by atoms with van der Waals surface area (Å²) in [5.41, 5.74) is 6.16. The highest BCUT2D eigenvalue weighted by Crippen LogP contribution is 2.45. The third-order valence-electron chi connectivity index (χ3n) is 6.47. The normalized spacial score (nSPS) is 22.3. The van der Waals surface area contributed by atoms with E-state index in [2.05, 4.69) is 20.0 Å². The van der Waals surface area contributed by atoms with Crippen molar-refractivity contribution in [2.24, 2.45) is 5.41 Å². The fourth-order valence-electron chi connectivity index (χ4n) is 3.97. The Hall–Kier alpha value is -2.66. The quantitative estimate of drug-likeness (QED) is 0.126. The maximum atomic E-state index is 13.7. The molecule has 1 fully saturated rings. The van der Waals surface area contributed by atoms with Crippen LogP contribution in [-0.2, 0) is 29.7 Å². The molecule has 3 aromatic rings. The molecular formula is C25H35N6O9PS. The zero-order valence-electron chi connectivity index (χ0n) is 23.3. The van der Waals surface area contributed by atoms with Gasteiger partial charge in [-0.3, -0.25) is 18.4 Å². The lowest BCUT2D eigenvalue weighted by Gasteiger charge is -2.23. The van der Waals surface area contributed by atoms with Gasteiger partial charge in [0.25, 0.3) is 0 Å². The number of hydrogen-bond acceptors (Lipinski definition) is 14. The van der Waals surface area contributed by atoms with Crippen LogP contribution in [0, 0.1) is 5.41 Å². The minimum absolute atomic E-state index is 0.0867. The van der Waals surface area contributed by atoms with Crippen molar-refractivity contribution in [3.05, 3.63) is 42.2 Å². The molecule has 6 N–H and O–H groups in total. The molecule has 4 rings (SSSR count). The van der Waals surface area contributed by atoms with Crippen LogP contribution in [0.2, 0.25) is 0 Å². The number of benzene rings is 1. The highest BCUT2D eigenvalue weighted by molar-refractivity contribution is 8.13. The standard InChI is InChI=1S/C25H35N6O9PS/c1-25(2,13-32)23(35)42-10-9-38-41(36,28-11-15-7-5-4-6-8-15)39-12-16-18(33)19(34)22(40-16)31-14-27-17-20(31)29-24(26)30-21(17)37-3/h4-8,14,16,18-19,22,32-34H,9-13H2,1-3H3,(H,28,36)(H2,26,29,30)/t16-,18-,19+,22-,41?/m1/s1. The second kappa shape index (κ2) is 13.8. The molecule has 0 saturated carbocycles. The van der Waals surface area contributed by atoms with Gasteiger partial charge in [-0.15, -0.1) is 0 Å². The summed E-state index contributed by atoms with van der Waals surface area (Å²) in [5.74, 6) is 0.205. The molecular weight excluding hydrogens is 591 g/mol. The second-order valence-electron chi connectivity index (χ2n) is 10.1. The number of carbonyl (C=O) groups is 1. The first-order valence-corrected chi connectivity index (χ1v) is 15.5. The van der Waals surface area contributed by atoms with Gasteiger partial charge in [0, 0.05) is 12.3 Å². The number of aromatic nitrogens is 4. The van der Waals surface area contributed by atoms with Crippen molar-refractivity contribution in [1.29, 1.82) is 0 Å². The molecule has 1 saturated heterocycles. The number of rotatable bonds is 14. The van der Waals surface area contributed by atoms with Crippen molar-refractivity contribution in [2.75, 3.05) is 38.4 Å². The lowest BCUT2D eigenvalue weighted by atomic mass is 9.97. The van der Waals surface area contributed by atoms with E-state index in [-0.39, 0.29) is 53.6 Å². The summed E-state index contributed by atoms with van der Waals surface area (Å²) in [6.45, 7) is 2.56. The Morgan fingerprint density at radius 3 is 2.64 bits per heavy atom. The van der Waals surface area contributed by atoms with Gasteiger partial charge in [0.2, 0.25) is 11.8 Å². The minimum atomic E-state index is -4.00. The van der Waals surface area contributed by atoms with Crippen molar-refractivity contribution >= 4 is 41.7 Å². The van der Waals surface area contributed by atoms with Crippen molar-refractivity contribution in [3.8, 4) is 5.88 Å². The molecule has 0 aliphatic carbocycles. The average Bonchev–Trinajstić information content (AvgIpc) is 3.53. The molecule has 1 aliphatic rings. The first kappa shape index (κ1) is 32.3. The number of aliphatic hydroxyl groups excluding tert-OH is 3. The van der Waals surface area contributed by atoms with E-state index in [4.69, 9.17) is 24.3 Å². The van der Waals surface area contributed by atoms with Crippen LogP contribution >= 0.6 is 19.5 Å². The van der Waals surface area contributed by atoms with Crippen LogP contribution in [0.3, 0.4) is 0 Å². The van der Waals surface area contributed by atoms with Crippen LogP contribution in [0.25, 0.3) is 11.2 Å². The molecule has 15 nitrogen and oxygen atoms in total. The van der Waals surface area contributed by atoms with Gasteiger partial charge < -0.3 is 30.5 Å². The number of fused-ring (bicyclic) bond motifs is 1. The second-order valence-corrected chi connectivity index (χ2v) is 13.0. The van der Waals surface area contributed by atoms with Crippen molar-refractivity contribution in [1.82, 2.24) is 24.6 Å². The summed E-state index contributed by atoms with van der Waals surface area (Å²) < 4.78 is 37.4. The number of nitrogens with two attached hydrogens (primary N) is 1. The Morgan fingerprint density at radius 1 is 1.21 bits per heavy atom. The van der Waals surface area contributed by atoms with E-state index in [1.807, 2.05) is 30.3 Å². The number of thioether (sulfide) groups is 1. The van der Waals surface area contributed by atoms with Gasteiger partial charge in [0.1, 0.15) is 18.3 Å². The van der Waals surface area contributed by atoms with E-state index in [0.717, 1.165) is 17.3 Å². The molecule has 17 heteroatoms. The fraction of sp³-hybridized carbons (Fsp3) is 0.520. The number of carbonyl (C=O) groups excluding carboxylic acids is 1. The topological polar surface area (TPSA) is 213 Å². The molecule has 5 atom stereocenters. The Kier molecular flexibility index (Phi) is 10.6. The van der Waals surface area contributed by atoms with E-state index in [1.165, 1.54) is 18.0 Å². The summed E-state index contributed by atoms with van der Waals surface area (Å²) in [6.07, 6.45) is -3.75. The third-order valence-corrected chi connectivity index (χ3v) is 9.21. The molecule has 0 amide bonds. The van der Waals surface area contributed by atoms with Crippen LogP contribution in [0.5, 0.6) is 5.88 Å². The molecule has 42 heavy (non-hydrogen) atoms. The summed E-state index contributed by atoms with van der Waals surface area (Å²) in [6, 6.07) is 9.15. The van der Waals surface area contributed by atoms with Crippen LogP contribution in [0.1, 0.15) is 25.6 Å². The number of aliphatic hydroxyl groups is 3. The summed E-state index contributed by atoms with van der Waals surface area (Å²) >= 11 is 0.947. The highest BCUT2D eigenvalue weighted by atomic mass is 32.2. The first-order valence-electron chi connectivity index (χ1n) is 13.0. The number of imidazole rings is 1. The molecule has 1 aromatic carbocycles. The van der Waals surface area contributed by atoms with E-state index < -0.39 is 44.3 Å². The summed E-state index contributed by atoms with van der Waals surface area (Å²) in [7, 11) is -2.60. The predicted octanol–water partition coefficient (Wildman–Crippen LogP) is 1.25. The van der Waals surface area contributed by atoms with E-state index in [9.17, 15) is 24.7 Å². The largest absolute Gasteiger partial charge is 0.479 e. The smallest absolute Gasteiger partial charge is 0.405 e. The van der Waals surface area contributed by atoms with E-state index >= 15 is 0 Å². The van der Waals surface area contributed by atoms with Crippen LogP contribution < -0.4 is 15.6 Å². The lowest BCUT2D eigenvalue weighted by Crippen LogP contribution is -2.34. The third kappa shape index (κ3) is 7.45. The first-order chi connectivity index (χ1) is 20.0. The maximum absolute atomic E-state index is 13.7. The average molecular weight is 627 g/mol. The zero-order valence-corrected chi connectivity index (χ0v) is 25.0. The Balaban J connectivity index is 1.43. The van der Waals surface area contributed by atoms with Gasteiger partial charge >= 0.3 is 7.75 Å². The van der Waals surface area contributed by atoms with Gasteiger partial charge in [0.15, 0.2) is 22.5 Å². The number of nitrogens with zero attached hydrogens (tertiary/aromatic N) is 4. The molecule has 3 heterocycles. The lowest BCUT2D eigenvalue weighted by molar-refractivity contribution is -0.119. The SMILES string of the molecule is COc1nc(N)nc2c1ncn2[C@@H]1O[C@H](COP(=O)(NCc2ccccc2)OCCSC(=O)C(C)(C)CO)[C@@H](O)[C@@H]1O. The molecule has 0 bridgehead atoms. The Morgan fingerprint density at radius 2 is 1.95 bits per heavy atom. The van der Waals surface area contributed by atoms with Crippen LogP contribution in [0.4, 0.5) is 5.95 Å². The number of nitrogen functional groups attached to an aromatic ring is 1. The fourth-order valence-corrected chi connectivity index (χ4v) is 6.21. The van der Waals surface area contributed by atoms with Crippen LogP contribution in [0.15, 0.2) is 36.7 Å². The number of anilines is 1. The highest BCUT2D eigenvalue weighted by Gasteiger charge is 2.45. The zero-order chi connectivity index (χ0) is 30.5. The summed E-state index contributed by atoms with van der Waals surface area (Å²) in [4.78, 5) is 24.6.